The minimum absolute atomic E-state index is 0.0107. The molecule has 5 heteroatoms. The SMILES string of the molecule is Cc1cc(N(c2ccc(-c3cc4ccccc4o3)cc2)c2ccc(C(C)(C)C)cc2-c2ccccc2)c(Cl)c(N(c2c(C)cc(C(C)(C)C)cc2C)c2csc3ccc(C(C)(C)C)cc23)c1. The highest BCUT2D eigenvalue weighted by atomic mass is 35.5. The van der Waals surface area contributed by atoms with Gasteiger partial charge < -0.3 is 14.2 Å². The van der Waals surface area contributed by atoms with Gasteiger partial charge in [0.25, 0.3) is 0 Å². The van der Waals surface area contributed by atoms with Gasteiger partial charge in [0.2, 0.25) is 0 Å². The van der Waals surface area contributed by atoms with E-state index >= 15 is 0 Å². The van der Waals surface area contributed by atoms with Gasteiger partial charge in [-0.25, -0.2) is 0 Å². The average molecular weight is 906 g/mol. The van der Waals surface area contributed by atoms with Gasteiger partial charge in [-0.05, 0) is 149 Å². The van der Waals surface area contributed by atoms with Crippen molar-refractivity contribution in [3.05, 3.63) is 189 Å². The lowest BCUT2D eigenvalue weighted by Gasteiger charge is -2.34. The van der Waals surface area contributed by atoms with E-state index in [0.29, 0.717) is 5.02 Å². The standard InChI is InChI=1S/C61H61ClN2OS/c1-38-30-51(57(62)52(31-38)64(58-39(2)32-46(33-40(58)3)61(10,11)12)53-37-66-56-29-25-45(36-49(53)56)60(7,8)9)63(47-26-22-42(23-27-47)55-34-43-20-16-17-21-54(43)65-55)50-28-24-44(59(4,5)6)35-48(50)41-18-14-13-15-19-41/h13-37H,1-12H3. The average Bonchev–Trinajstić information content (AvgIpc) is 3.90. The topological polar surface area (TPSA) is 19.6 Å². The summed E-state index contributed by atoms with van der Waals surface area (Å²) in [6.45, 7) is 27.3. The van der Waals surface area contributed by atoms with Crippen molar-refractivity contribution in [2.75, 3.05) is 9.80 Å². The Morgan fingerprint density at radius 1 is 0.500 bits per heavy atom. The number of furan rings is 1. The van der Waals surface area contributed by atoms with Crippen molar-refractivity contribution >= 4 is 78.1 Å². The summed E-state index contributed by atoms with van der Waals surface area (Å²) in [5.41, 5.74) is 17.5. The molecule has 0 fully saturated rings. The molecule has 0 saturated carbocycles. The Bertz CT molecular complexity index is 3190. The van der Waals surface area contributed by atoms with Crippen molar-refractivity contribution in [2.45, 2.75) is 99.3 Å². The predicted molar refractivity (Wildman–Crippen MR) is 287 cm³/mol. The molecule has 9 aromatic rings. The first-order chi connectivity index (χ1) is 31.3. The molecule has 0 saturated heterocycles. The first-order valence-corrected chi connectivity index (χ1v) is 24.3. The number of hydrogen-bond donors (Lipinski definition) is 0. The van der Waals surface area contributed by atoms with Crippen LogP contribution in [0.1, 0.15) is 95.7 Å². The number of anilines is 6. The van der Waals surface area contributed by atoms with Gasteiger partial charge in [0, 0.05) is 37.7 Å². The molecule has 0 spiro atoms. The maximum atomic E-state index is 8.18. The van der Waals surface area contributed by atoms with Crippen molar-refractivity contribution < 1.29 is 4.42 Å². The van der Waals surface area contributed by atoms with Crippen LogP contribution in [0.5, 0.6) is 0 Å². The second kappa shape index (κ2) is 17.0. The van der Waals surface area contributed by atoms with E-state index < -0.39 is 0 Å². The number of nitrogens with zero attached hydrogens (tertiary/aromatic N) is 2. The van der Waals surface area contributed by atoms with Gasteiger partial charge in [0.05, 0.1) is 33.5 Å². The molecule has 0 unspecified atom stereocenters. The number of thiophene rings is 1. The Hall–Kier alpha value is -6.07. The fraction of sp³-hybridized carbons (Fsp3) is 0.246. The zero-order valence-corrected chi connectivity index (χ0v) is 42.1. The van der Waals surface area contributed by atoms with Gasteiger partial charge in [-0.15, -0.1) is 11.3 Å². The minimum atomic E-state index is -0.0653. The molecule has 66 heavy (non-hydrogen) atoms. The van der Waals surface area contributed by atoms with Crippen molar-refractivity contribution in [1.29, 1.82) is 0 Å². The van der Waals surface area contributed by atoms with Crippen molar-refractivity contribution in [2.24, 2.45) is 0 Å². The maximum Gasteiger partial charge on any atom is 0.135 e. The van der Waals surface area contributed by atoms with Crippen LogP contribution in [-0.4, -0.2) is 0 Å². The molecular formula is C61H61ClN2OS. The number of rotatable bonds is 8. The maximum absolute atomic E-state index is 8.18. The third-order valence-corrected chi connectivity index (χ3v) is 14.3. The van der Waals surface area contributed by atoms with E-state index in [1.807, 2.05) is 18.2 Å². The zero-order valence-electron chi connectivity index (χ0n) is 40.5. The fourth-order valence-corrected chi connectivity index (χ4v) is 10.4. The lowest BCUT2D eigenvalue weighted by molar-refractivity contribution is 0.589. The lowest BCUT2D eigenvalue weighted by Crippen LogP contribution is -2.18. The van der Waals surface area contributed by atoms with Crippen LogP contribution in [-0.2, 0) is 16.2 Å². The van der Waals surface area contributed by atoms with Crippen LogP contribution in [0.2, 0.25) is 5.02 Å². The summed E-state index contributed by atoms with van der Waals surface area (Å²) in [5, 5.41) is 5.28. The summed E-state index contributed by atoms with van der Waals surface area (Å²) >= 11 is 9.96. The van der Waals surface area contributed by atoms with Gasteiger partial charge in [-0.2, -0.15) is 0 Å². The Balaban J connectivity index is 1.32. The highest BCUT2D eigenvalue weighted by Crippen LogP contribution is 2.53. The van der Waals surface area contributed by atoms with E-state index in [9.17, 15) is 0 Å². The Kier molecular flexibility index (Phi) is 11.6. The minimum Gasteiger partial charge on any atom is -0.456 e. The molecule has 9 rings (SSSR count). The fourth-order valence-electron chi connectivity index (χ4n) is 9.18. The van der Waals surface area contributed by atoms with E-state index in [1.165, 1.54) is 37.9 Å². The summed E-state index contributed by atoms with van der Waals surface area (Å²) in [6, 6.07) is 52.9. The Morgan fingerprint density at radius 3 is 1.73 bits per heavy atom. The van der Waals surface area contributed by atoms with E-state index in [0.717, 1.165) is 73.1 Å². The van der Waals surface area contributed by atoms with Gasteiger partial charge in [0.15, 0.2) is 0 Å². The molecule has 3 nitrogen and oxygen atoms in total. The molecule has 2 heterocycles. The van der Waals surface area contributed by atoms with Gasteiger partial charge in [0.1, 0.15) is 11.3 Å². The smallest absolute Gasteiger partial charge is 0.135 e. The lowest BCUT2D eigenvalue weighted by atomic mass is 9.84. The molecule has 0 radical (unpaired) electrons. The number of halogens is 1. The van der Waals surface area contributed by atoms with Gasteiger partial charge >= 0.3 is 0 Å². The number of fused-ring (bicyclic) bond motifs is 2. The largest absolute Gasteiger partial charge is 0.456 e. The van der Waals surface area contributed by atoms with E-state index in [2.05, 4.69) is 226 Å². The highest BCUT2D eigenvalue weighted by molar-refractivity contribution is 7.17. The molecule has 0 bridgehead atoms. The van der Waals surface area contributed by atoms with Crippen LogP contribution in [0.3, 0.4) is 0 Å². The number of benzene rings is 7. The summed E-state index contributed by atoms with van der Waals surface area (Å²) in [5.74, 6) is 0.834. The summed E-state index contributed by atoms with van der Waals surface area (Å²) in [7, 11) is 0. The van der Waals surface area contributed by atoms with E-state index in [-0.39, 0.29) is 16.2 Å². The van der Waals surface area contributed by atoms with Crippen LogP contribution < -0.4 is 9.80 Å². The first kappa shape index (κ1) is 45.1. The van der Waals surface area contributed by atoms with Gasteiger partial charge in [-0.1, -0.05) is 147 Å². The van der Waals surface area contributed by atoms with Crippen LogP contribution in [0.4, 0.5) is 34.1 Å². The van der Waals surface area contributed by atoms with E-state index in [1.54, 1.807) is 11.3 Å². The van der Waals surface area contributed by atoms with Crippen LogP contribution >= 0.6 is 22.9 Å². The van der Waals surface area contributed by atoms with Gasteiger partial charge in [-0.3, -0.25) is 0 Å². The molecule has 0 aliphatic carbocycles. The quantitative estimate of drug-likeness (QED) is 0.151. The molecule has 0 aliphatic heterocycles. The molecule has 334 valence electrons. The van der Waals surface area contributed by atoms with Crippen LogP contribution in [0.15, 0.2) is 155 Å². The van der Waals surface area contributed by atoms with Crippen LogP contribution in [0, 0.1) is 20.8 Å². The van der Waals surface area contributed by atoms with Crippen molar-refractivity contribution in [3.8, 4) is 22.5 Å². The predicted octanol–water partition coefficient (Wildman–Crippen LogP) is 19.4. The summed E-state index contributed by atoms with van der Waals surface area (Å²) < 4.78 is 7.60. The molecule has 0 aliphatic rings. The number of aryl methyl sites for hydroxylation is 3. The molecule has 0 N–H and O–H groups in total. The highest BCUT2D eigenvalue weighted by Gasteiger charge is 2.30. The summed E-state index contributed by atoms with van der Waals surface area (Å²) in [4.78, 5) is 4.81. The Morgan fingerprint density at radius 2 is 1.09 bits per heavy atom. The molecule has 7 aromatic carbocycles. The number of para-hydroxylation sites is 1. The normalized spacial score (nSPS) is 12.3. The second-order valence-corrected chi connectivity index (χ2v) is 22.4. The molecular weight excluding hydrogens is 844 g/mol. The van der Waals surface area contributed by atoms with Crippen LogP contribution in [0.25, 0.3) is 43.5 Å². The van der Waals surface area contributed by atoms with E-state index in [4.69, 9.17) is 16.0 Å². The third kappa shape index (κ3) is 8.58. The summed E-state index contributed by atoms with van der Waals surface area (Å²) in [6.07, 6.45) is 0. The third-order valence-electron chi connectivity index (χ3n) is 12.9. The van der Waals surface area contributed by atoms with Crippen molar-refractivity contribution in [3.63, 3.8) is 0 Å². The molecule has 2 aromatic heterocycles. The molecule has 0 atom stereocenters. The number of hydrogen-bond acceptors (Lipinski definition) is 4. The van der Waals surface area contributed by atoms with Crippen molar-refractivity contribution in [1.82, 2.24) is 0 Å². The monoisotopic (exact) mass is 904 g/mol. The zero-order chi connectivity index (χ0) is 46.9. The first-order valence-electron chi connectivity index (χ1n) is 23.1. The molecule has 0 amide bonds. The second-order valence-electron chi connectivity index (χ2n) is 21.1. The Labute approximate surface area is 401 Å².